The number of nitrogens with one attached hydrogen (secondary N) is 1. The molecule has 4 rings (SSSR count). The first-order valence-electron chi connectivity index (χ1n) is 10.4. The van der Waals surface area contributed by atoms with Gasteiger partial charge in [0.25, 0.3) is 0 Å². The molecule has 1 amide bonds. The Bertz CT molecular complexity index is 753. The second-order valence-corrected chi connectivity index (χ2v) is 8.54. The van der Waals surface area contributed by atoms with Gasteiger partial charge in [0.1, 0.15) is 0 Å². The normalized spacial score (nSPS) is 23.7. The Hall–Kier alpha value is -2.10. The van der Waals surface area contributed by atoms with Crippen LogP contribution in [0.1, 0.15) is 63.0 Å². The summed E-state index contributed by atoms with van der Waals surface area (Å²) < 4.78 is 0. The van der Waals surface area contributed by atoms with Gasteiger partial charge in [0.05, 0.1) is 0 Å². The van der Waals surface area contributed by atoms with Crippen molar-refractivity contribution >= 4 is 17.4 Å². The van der Waals surface area contributed by atoms with Crippen LogP contribution in [0, 0.1) is 5.92 Å². The first kappa shape index (κ1) is 18.3. The fraction of sp³-hybridized carbons (Fsp3) is 0.565. The number of ketones is 1. The fourth-order valence-corrected chi connectivity index (χ4v) is 5.01. The topological polar surface area (TPSA) is 49.4 Å². The zero-order valence-electron chi connectivity index (χ0n) is 16.3. The molecule has 0 unspecified atom stereocenters. The third kappa shape index (κ3) is 3.80. The van der Waals surface area contributed by atoms with Crippen LogP contribution in [0.4, 0.5) is 0 Å². The van der Waals surface area contributed by atoms with Gasteiger partial charge < -0.3 is 10.2 Å². The van der Waals surface area contributed by atoms with Crippen molar-refractivity contribution in [1.82, 2.24) is 10.2 Å². The highest BCUT2D eigenvalue weighted by molar-refractivity contribution is 5.98. The van der Waals surface area contributed by atoms with Crippen molar-refractivity contribution in [3.8, 4) is 0 Å². The summed E-state index contributed by atoms with van der Waals surface area (Å²) in [7, 11) is 0. The molecule has 0 radical (unpaired) electrons. The molecular weight excluding hydrogens is 336 g/mol. The van der Waals surface area contributed by atoms with Crippen LogP contribution >= 0.6 is 0 Å². The third-order valence-corrected chi connectivity index (χ3v) is 6.70. The summed E-state index contributed by atoms with van der Waals surface area (Å²) in [6.45, 7) is 3.22. The van der Waals surface area contributed by atoms with Crippen LogP contribution in [-0.2, 0) is 16.0 Å². The van der Waals surface area contributed by atoms with Gasteiger partial charge in [0.2, 0.25) is 5.91 Å². The molecule has 144 valence electrons. The zero-order chi connectivity index (χ0) is 18.9. The van der Waals surface area contributed by atoms with Crippen LogP contribution < -0.4 is 5.32 Å². The zero-order valence-corrected chi connectivity index (χ0v) is 16.3. The van der Waals surface area contributed by atoms with E-state index in [1.165, 1.54) is 30.4 Å². The summed E-state index contributed by atoms with van der Waals surface area (Å²) in [5.41, 5.74) is 3.43. The lowest BCUT2D eigenvalue weighted by Gasteiger charge is -2.46. The molecule has 1 spiro atoms. The van der Waals surface area contributed by atoms with Gasteiger partial charge in [-0.3, -0.25) is 9.59 Å². The van der Waals surface area contributed by atoms with Crippen molar-refractivity contribution in [3.05, 3.63) is 41.5 Å². The number of carbonyl (C=O) groups excluding carboxylic acids is 2. The molecule has 2 aliphatic heterocycles. The predicted octanol–water partition coefficient (Wildman–Crippen LogP) is 3.70. The molecule has 1 N–H and O–H groups in total. The van der Waals surface area contributed by atoms with Gasteiger partial charge in [-0.05, 0) is 37.7 Å². The number of nitrogens with zero attached hydrogens (tertiary/aromatic N) is 1. The average Bonchev–Trinajstić information content (AvgIpc) is 2.69. The maximum Gasteiger partial charge on any atom is 0.219 e. The second-order valence-electron chi connectivity index (χ2n) is 8.54. The Morgan fingerprint density at radius 2 is 1.81 bits per heavy atom. The van der Waals surface area contributed by atoms with Gasteiger partial charge in [-0.15, -0.1) is 0 Å². The number of benzene rings is 1. The molecule has 1 saturated carbocycles. The van der Waals surface area contributed by atoms with E-state index in [4.69, 9.17) is 0 Å². The molecule has 4 nitrogen and oxygen atoms in total. The van der Waals surface area contributed by atoms with E-state index in [0.717, 1.165) is 50.9 Å². The minimum Gasteiger partial charge on any atom is -0.379 e. The van der Waals surface area contributed by atoms with Crippen LogP contribution in [0.15, 0.2) is 30.3 Å². The molecular formula is C23H30N2O2. The Balaban J connectivity index is 1.60. The van der Waals surface area contributed by atoms with E-state index in [2.05, 4.69) is 29.6 Å². The molecule has 1 saturated heterocycles. The Morgan fingerprint density at radius 3 is 2.52 bits per heavy atom. The predicted molar refractivity (Wildman–Crippen MR) is 107 cm³/mol. The van der Waals surface area contributed by atoms with E-state index in [-0.39, 0.29) is 23.1 Å². The highest BCUT2D eigenvalue weighted by Crippen LogP contribution is 2.36. The number of hydrogen-bond acceptors (Lipinski definition) is 3. The molecule has 0 bridgehead atoms. The molecule has 1 aliphatic carbocycles. The number of likely N-dealkylation sites (tertiary alicyclic amines) is 1. The molecule has 1 aromatic carbocycles. The monoisotopic (exact) mass is 366 g/mol. The molecule has 2 fully saturated rings. The first-order valence-corrected chi connectivity index (χ1v) is 10.4. The Morgan fingerprint density at radius 1 is 1.11 bits per heavy atom. The number of rotatable bonds is 2. The van der Waals surface area contributed by atoms with Crippen molar-refractivity contribution in [1.29, 1.82) is 0 Å². The summed E-state index contributed by atoms with van der Waals surface area (Å²) in [6.07, 6.45) is 10.4. The summed E-state index contributed by atoms with van der Waals surface area (Å²) in [6, 6.07) is 8.45. The van der Waals surface area contributed by atoms with Gasteiger partial charge in [-0.2, -0.15) is 0 Å². The molecule has 2 heterocycles. The van der Waals surface area contributed by atoms with Crippen molar-refractivity contribution in [2.45, 2.75) is 63.8 Å². The summed E-state index contributed by atoms with van der Waals surface area (Å²) in [4.78, 5) is 26.6. The van der Waals surface area contributed by atoms with Crippen LogP contribution in [0.5, 0.6) is 0 Å². The van der Waals surface area contributed by atoms with Gasteiger partial charge in [-0.1, -0.05) is 43.5 Å². The largest absolute Gasteiger partial charge is 0.379 e. The smallest absolute Gasteiger partial charge is 0.219 e. The lowest BCUT2D eigenvalue weighted by molar-refractivity contribution is -0.130. The van der Waals surface area contributed by atoms with E-state index >= 15 is 0 Å². The lowest BCUT2D eigenvalue weighted by atomic mass is 9.76. The average molecular weight is 367 g/mol. The maximum atomic E-state index is 12.9. The third-order valence-electron chi connectivity index (χ3n) is 6.70. The number of amides is 1. The standard InChI is InChI=1S/C23H30N2O2/c1-17(26)25-13-11-23(12-14-25)16-19-9-5-6-10-20(19)21(24-23)15-22(27)18-7-3-2-4-8-18/h5-6,9-10,15,18,24H,2-4,7-8,11-14,16H2,1H3/b21-15-. The summed E-state index contributed by atoms with van der Waals surface area (Å²) >= 11 is 0. The van der Waals surface area contributed by atoms with E-state index in [1.807, 2.05) is 11.0 Å². The highest BCUT2D eigenvalue weighted by Gasteiger charge is 2.39. The Labute approximate surface area is 162 Å². The van der Waals surface area contributed by atoms with Gasteiger partial charge in [0.15, 0.2) is 5.78 Å². The minimum atomic E-state index is -0.0427. The molecule has 0 aromatic heterocycles. The molecule has 1 aromatic rings. The first-order chi connectivity index (χ1) is 13.1. The van der Waals surface area contributed by atoms with Crippen molar-refractivity contribution in [2.24, 2.45) is 5.92 Å². The highest BCUT2D eigenvalue weighted by atomic mass is 16.2. The van der Waals surface area contributed by atoms with Crippen LogP contribution in [0.2, 0.25) is 0 Å². The quantitative estimate of drug-likeness (QED) is 0.812. The van der Waals surface area contributed by atoms with Gasteiger partial charge >= 0.3 is 0 Å². The number of piperidine rings is 1. The molecule has 0 atom stereocenters. The van der Waals surface area contributed by atoms with E-state index in [1.54, 1.807) is 6.92 Å². The van der Waals surface area contributed by atoms with Crippen molar-refractivity contribution in [2.75, 3.05) is 13.1 Å². The molecule has 4 heteroatoms. The number of carbonyl (C=O) groups is 2. The lowest BCUT2D eigenvalue weighted by Crippen LogP contribution is -2.56. The number of fused-ring (bicyclic) bond motifs is 1. The van der Waals surface area contributed by atoms with Crippen LogP contribution in [-0.4, -0.2) is 35.2 Å². The van der Waals surface area contributed by atoms with Gasteiger partial charge in [0, 0.05) is 48.8 Å². The van der Waals surface area contributed by atoms with Crippen LogP contribution in [0.25, 0.3) is 5.70 Å². The SMILES string of the molecule is CC(=O)N1CCC2(CC1)Cc1ccccc1/C(=C/C(=O)C1CCCCC1)N2. The summed E-state index contributed by atoms with van der Waals surface area (Å²) in [5, 5.41) is 3.76. The number of hydrogen-bond donors (Lipinski definition) is 1. The van der Waals surface area contributed by atoms with Crippen molar-refractivity contribution in [3.63, 3.8) is 0 Å². The Kier molecular flexibility index (Phi) is 5.07. The molecule has 27 heavy (non-hydrogen) atoms. The molecule has 3 aliphatic rings. The van der Waals surface area contributed by atoms with Gasteiger partial charge in [-0.25, -0.2) is 0 Å². The van der Waals surface area contributed by atoms with E-state index < -0.39 is 0 Å². The number of allylic oxidation sites excluding steroid dienone is 1. The minimum absolute atomic E-state index is 0.0427. The van der Waals surface area contributed by atoms with E-state index in [9.17, 15) is 9.59 Å². The summed E-state index contributed by atoms with van der Waals surface area (Å²) in [5.74, 6) is 0.632. The van der Waals surface area contributed by atoms with E-state index in [0.29, 0.717) is 0 Å². The maximum absolute atomic E-state index is 12.9. The second kappa shape index (κ2) is 7.49. The van der Waals surface area contributed by atoms with Crippen molar-refractivity contribution < 1.29 is 9.59 Å². The van der Waals surface area contributed by atoms with Crippen LogP contribution in [0.3, 0.4) is 0 Å². The fourth-order valence-electron chi connectivity index (χ4n) is 5.01.